The maximum absolute atomic E-state index is 13.6. The third-order valence-electron chi connectivity index (χ3n) is 2.22. The quantitative estimate of drug-likeness (QED) is 0.888. The number of alkyl halides is 2. The van der Waals surface area contributed by atoms with Gasteiger partial charge >= 0.3 is 12.4 Å². The molecule has 6 heteroatoms. The highest BCUT2D eigenvalue weighted by atomic mass is 35.5. The Bertz CT molecular complexity index is 574. The van der Waals surface area contributed by atoms with Crippen molar-refractivity contribution >= 4 is 17.6 Å². The molecule has 0 heterocycles. The fourth-order valence-corrected chi connectivity index (χ4v) is 1.52. The summed E-state index contributed by atoms with van der Waals surface area (Å²) in [6.45, 7) is 0. The van der Waals surface area contributed by atoms with Gasteiger partial charge in [0.1, 0.15) is 5.82 Å². The van der Waals surface area contributed by atoms with Crippen molar-refractivity contribution < 1.29 is 23.1 Å². The number of carboxylic acid groups (broad SMARTS) is 1. The predicted octanol–water partition coefficient (Wildman–Crippen LogP) is 4.48. The summed E-state index contributed by atoms with van der Waals surface area (Å²) in [5.41, 5.74) is 1.38. The summed E-state index contributed by atoms with van der Waals surface area (Å²) in [5.74, 6) is -2.43. The number of carboxylic acids is 1. The Morgan fingerprint density at radius 2 is 1.60 bits per heavy atom. The van der Waals surface area contributed by atoms with E-state index in [9.17, 15) is 13.2 Å². The molecule has 0 saturated heterocycles. The summed E-state index contributed by atoms with van der Waals surface area (Å²) in [6.07, 6.45) is -3.23. The maximum atomic E-state index is 13.6. The fraction of sp³-hybridized carbons (Fsp3) is 0.0714. The number of hydrogen-bond acceptors (Lipinski definition) is 1. The normalized spacial score (nSPS) is 9.85. The number of carbonyl (C=O) groups is 1. The summed E-state index contributed by atoms with van der Waals surface area (Å²) in [4.78, 5) is 8.95. The highest BCUT2D eigenvalue weighted by molar-refractivity contribution is 6.31. The van der Waals surface area contributed by atoms with Gasteiger partial charge in [-0.05, 0) is 11.6 Å². The molecule has 106 valence electrons. The molecule has 0 aliphatic carbocycles. The van der Waals surface area contributed by atoms with Crippen molar-refractivity contribution in [3.8, 4) is 11.1 Å². The van der Waals surface area contributed by atoms with Gasteiger partial charge in [0, 0.05) is 5.56 Å². The molecule has 0 aromatic heterocycles. The van der Waals surface area contributed by atoms with Crippen LogP contribution in [0.5, 0.6) is 0 Å². The van der Waals surface area contributed by atoms with E-state index in [-0.39, 0.29) is 10.8 Å². The van der Waals surface area contributed by atoms with Crippen molar-refractivity contribution in [3.63, 3.8) is 0 Å². The molecule has 0 aliphatic rings. The largest absolute Gasteiger partial charge is 0.477 e. The topological polar surface area (TPSA) is 37.3 Å². The van der Waals surface area contributed by atoms with Crippen LogP contribution in [0.15, 0.2) is 48.5 Å². The Balaban J connectivity index is 0.000000286. The zero-order valence-corrected chi connectivity index (χ0v) is 10.8. The highest BCUT2D eigenvalue weighted by Gasteiger charge is 2.10. The first kappa shape index (κ1) is 16.0. The van der Waals surface area contributed by atoms with Crippen molar-refractivity contribution in [2.45, 2.75) is 6.43 Å². The van der Waals surface area contributed by atoms with Gasteiger partial charge in [-0.15, -0.1) is 0 Å². The van der Waals surface area contributed by atoms with Crippen molar-refractivity contribution in [2.24, 2.45) is 0 Å². The molecule has 0 amide bonds. The van der Waals surface area contributed by atoms with Gasteiger partial charge in [0.25, 0.3) is 0 Å². The van der Waals surface area contributed by atoms with E-state index in [0.29, 0.717) is 5.56 Å². The summed E-state index contributed by atoms with van der Waals surface area (Å²) in [7, 11) is 0. The molecule has 0 unspecified atom stereocenters. The molecule has 20 heavy (non-hydrogen) atoms. The molecule has 0 radical (unpaired) electrons. The summed E-state index contributed by atoms with van der Waals surface area (Å²) in [5, 5.41) is 7.40. The van der Waals surface area contributed by atoms with Crippen LogP contribution in [0.25, 0.3) is 11.1 Å². The minimum absolute atomic E-state index is 0.159. The Labute approximate surface area is 118 Å². The molecule has 2 rings (SSSR count). The van der Waals surface area contributed by atoms with Crippen LogP contribution in [0.3, 0.4) is 0 Å². The van der Waals surface area contributed by atoms with E-state index in [4.69, 9.17) is 21.5 Å². The van der Waals surface area contributed by atoms with E-state index in [0.717, 1.165) is 5.56 Å². The van der Waals surface area contributed by atoms with Gasteiger partial charge in [0.15, 0.2) is 0 Å². The van der Waals surface area contributed by atoms with Gasteiger partial charge in [-0.1, -0.05) is 54.1 Å². The average molecular weight is 303 g/mol. The summed E-state index contributed by atoms with van der Waals surface area (Å²) in [6, 6.07) is 14.4. The van der Waals surface area contributed by atoms with Gasteiger partial charge in [-0.25, -0.2) is 9.18 Å². The average Bonchev–Trinajstić information content (AvgIpc) is 2.43. The lowest BCUT2D eigenvalue weighted by atomic mass is 10.1. The molecule has 0 fully saturated rings. The van der Waals surface area contributed by atoms with Gasteiger partial charge in [-0.2, -0.15) is 8.78 Å². The van der Waals surface area contributed by atoms with Crippen molar-refractivity contribution in [1.29, 1.82) is 0 Å². The van der Waals surface area contributed by atoms with E-state index >= 15 is 0 Å². The fourth-order valence-electron chi connectivity index (χ4n) is 1.34. The van der Waals surface area contributed by atoms with E-state index in [1.807, 2.05) is 30.3 Å². The molecule has 0 spiro atoms. The number of benzene rings is 2. The van der Waals surface area contributed by atoms with E-state index in [1.165, 1.54) is 0 Å². The van der Waals surface area contributed by atoms with E-state index in [2.05, 4.69) is 0 Å². The van der Waals surface area contributed by atoms with Gasteiger partial charge in [0.05, 0.1) is 5.02 Å². The molecule has 2 aromatic rings. The van der Waals surface area contributed by atoms with Crippen molar-refractivity contribution in [1.82, 2.24) is 0 Å². The lowest BCUT2D eigenvalue weighted by Crippen LogP contribution is -2.06. The van der Waals surface area contributed by atoms with Gasteiger partial charge < -0.3 is 5.11 Å². The number of halogens is 4. The Hall–Kier alpha value is -2.01. The molecule has 0 aliphatic heterocycles. The van der Waals surface area contributed by atoms with E-state index < -0.39 is 12.4 Å². The molecule has 0 bridgehead atoms. The van der Waals surface area contributed by atoms with Crippen LogP contribution in [0.2, 0.25) is 5.02 Å². The number of hydrogen-bond donors (Lipinski definition) is 1. The minimum atomic E-state index is -3.23. The second-order valence-corrected chi connectivity index (χ2v) is 4.01. The van der Waals surface area contributed by atoms with Crippen LogP contribution in [0.1, 0.15) is 0 Å². The van der Waals surface area contributed by atoms with Crippen LogP contribution < -0.4 is 0 Å². The van der Waals surface area contributed by atoms with Crippen LogP contribution in [-0.2, 0) is 4.79 Å². The Kier molecular flexibility index (Phi) is 6.06. The highest BCUT2D eigenvalue weighted by Crippen LogP contribution is 2.26. The molecular formula is C14H10ClF3O2. The maximum Gasteiger partial charge on any atom is 0.371 e. The molecule has 1 N–H and O–H groups in total. The molecule has 2 nitrogen and oxygen atoms in total. The number of rotatable bonds is 2. The molecule has 2 aromatic carbocycles. The standard InChI is InChI=1S/C12H8ClF.C2H2F2O2/c13-11-8-4-7-10(12(11)14)9-5-2-1-3-6-9;3-1(4)2(5)6/h1-8H;1H,(H,5,6). The minimum Gasteiger partial charge on any atom is -0.477 e. The summed E-state index contributed by atoms with van der Waals surface area (Å²) < 4.78 is 34.7. The SMILES string of the molecule is Fc1c(Cl)cccc1-c1ccccc1.O=C(O)C(F)F. The number of aliphatic carboxylic acids is 1. The van der Waals surface area contributed by atoms with Gasteiger partial charge in [0.2, 0.25) is 0 Å². The van der Waals surface area contributed by atoms with Crippen LogP contribution in [-0.4, -0.2) is 17.5 Å². The van der Waals surface area contributed by atoms with Crippen LogP contribution >= 0.6 is 11.6 Å². The molecular weight excluding hydrogens is 293 g/mol. The van der Waals surface area contributed by atoms with Crippen molar-refractivity contribution in [2.75, 3.05) is 0 Å². The zero-order chi connectivity index (χ0) is 15.1. The van der Waals surface area contributed by atoms with Gasteiger partial charge in [-0.3, -0.25) is 0 Å². The lowest BCUT2D eigenvalue weighted by Gasteiger charge is -2.03. The van der Waals surface area contributed by atoms with E-state index in [1.54, 1.807) is 18.2 Å². The molecule has 0 atom stereocenters. The Morgan fingerprint density at radius 3 is 2.10 bits per heavy atom. The zero-order valence-electron chi connectivity index (χ0n) is 10.1. The van der Waals surface area contributed by atoms with Crippen LogP contribution in [0.4, 0.5) is 13.2 Å². The third-order valence-corrected chi connectivity index (χ3v) is 2.51. The second-order valence-electron chi connectivity index (χ2n) is 3.61. The van der Waals surface area contributed by atoms with Crippen molar-refractivity contribution in [3.05, 3.63) is 59.4 Å². The summed E-state index contributed by atoms with van der Waals surface area (Å²) >= 11 is 5.69. The first-order valence-electron chi connectivity index (χ1n) is 5.44. The third kappa shape index (κ3) is 4.59. The lowest BCUT2D eigenvalue weighted by molar-refractivity contribution is -0.149. The Morgan fingerprint density at radius 1 is 1.05 bits per heavy atom. The first-order chi connectivity index (χ1) is 9.43. The smallest absolute Gasteiger partial charge is 0.371 e. The second kappa shape index (κ2) is 7.55. The first-order valence-corrected chi connectivity index (χ1v) is 5.81. The molecule has 0 saturated carbocycles. The predicted molar refractivity (Wildman–Crippen MR) is 70.5 cm³/mol. The van der Waals surface area contributed by atoms with Crippen LogP contribution in [0, 0.1) is 5.82 Å². The monoisotopic (exact) mass is 302 g/mol.